The molecule has 0 aromatic carbocycles. The molecule has 0 fully saturated rings. The van der Waals surface area contributed by atoms with Crippen LogP contribution >= 0.6 is 0 Å². The number of amides is 1. The molecule has 1 N–H and O–H groups in total. The molecule has 0 spiro atoms. The highest BCUT2D eigenvalue weighted by Gasteiger charge is 2.15. The van der Waals surface area contributed by atoms with Crippen molar-refractivity contribution in [2.45, 2.75) is 13.5 Å². The molecule has 0 atom stereocenters. The molecule has 27 heavy (non-hydrogen) atoms. The normalized spacial score (nSPS) is 10.9. The summed E-state index contributed by atoms with van der Waals surface area (Å²) in [4.78, 5) is 20.1. The molecular formula is C17H15N7O3. The largest absolute Gasteiger partial charge is 0.482 e. The summed E-state index contributed by atoms with van der Waals surface area (Å²) in [7, 11) is 0. The predicted molar refractivity (Wildman–Crippen MR) is 92.6 cm³/mol. The number of hydrogen-bond donors (Lipinski definition) is 1. The van der Waals surface area contributed by atoms with E-state index in [1.807, 2.05) is 12.1 Å². The molecule has 0 unspecified atom stereocenters. The van der Waals surface area contributed by atoms with Crippen LogP contribution < -0.4 is 10.1 Å². The van der Waals surface area contributed by atoms with Gasteiger partial charge in [-0.15, -0.1) is 10.2 Å². The molecule has 4 heterocycles. The first-order valence-corrected chi connectivity index (χ1v) is 8.13. The summed E-state index contributed by atoms with van der Waals surface area (Å²) in [5.74, 6) is 1.72. The van der Waals surface area contributed by atoms with Gasteiger partial charge in [0.25, 0.3) is 11.8 Å². The van der Waals surface area contributed by atoms with Gasteiger partial charge in [-0.2, -0.15) is 4.98 Å². The maximum Gasteiger partial charge on any atom is 0.261 e. The Morgan fingerprint density at radius 3 is 3.00 bits per heavy atom. The van der Waals surface area contributed by atoms with Crippen molar-refractivity contribution in [3.8, 4) is 17.2 Å². The summed E-state index contributed by atoms with van der Waals surface area (Å²) < 4.78 is 12.3. The summed E-state index contributed by atoms with van der Waals surface area (Å²) in [6.45, 7) is 1.82. The second kappa shape index (κ2) is 7.20. The molecular weight excluding hydrogens is 350 g/mol. The van der Waals surface area contributed by atoms with Gasteiger partial charge in [-0.3, -0.25) is 14.2 Å². The van der Waals surface area contributed by atoms with Crippen LogP contribution in [0.2, 0.25) is 0 Å². The number of carbonyl (C=O) groups is 1. The molecule has 4 aromatic heterocycles. The molecule has 136 valence electrons. The zero-order chi connectivity index (χ0) is 18.6. The van der Waals surface area contributed by atoms with Gasteiger partial charge < -0.3 is 14.6 Å². The first-order valence-electron chi connectivity index (χ1n) is 8.13. The standard InChI is InChI=1S/C17H15N7O3/c1-11-20-17(27-23-11)13-5-3-7-24-14(21-22-16(13)24)9-19-15(25)10-26-12-4-2-6-18-8-12/h2-8H,9-10H2,1H3,(H,19,25). The second-order valence-electron chi connectivity index (χ2n) is 5.63. The highest BCUT2D eigenvalue weighted by Crippen LogP contribution is 2.21. The lowest BCUT2D eigenvalue weighted by atomic mass is 10.2. The van der Waals surface area contributed by atoms with E-state index in [9.17, 15) is 4.79 Å². The van der Waals surface area contributed by atoms with Crippen molar-refractivity contribution >= 4 is 11.6 Å². The van der Waals surface area contributed by atoms with Gasteiger partial charge in [0.15, 0.2) is 23.9 Å². The fourth-order valence-electron chi connectivity index (χ4n) is 2.47. The minimum Gasteiger partial charge on any atom is -0.482 e. The number of aryl methyl sites for hydroxylation is 1. The van der Waals surface area contributed by atoms with Crippen LogP contribution in [0.1, 0.15) is 11.6 Å². The Hall–Kier alpha value is -3.82. The molecule has 4 rings (SSSR count). The molecule has 1 amide bonds. The number of ether oxygens (including phenoxy) is 1. The van der Waals surface area contributed by atoms with Crippen molar-refractivity contribution in [3.63, 3.8) is 0 Å². The first kappa shape index (κ1) is 16.6. The van der Waals surface area contributed by atoms with E-state index in [0.717, 1.165) is 0 Å². The minimum atomic E-state index is -0.278. The second-order valence-corrected chi connectivity index (χ2v) is 5.63. The van der Waals surface area contributed by atoms with Crippen molar-refractivity contribution in [1.82, 2.24) is 35.0 Å². The number of nitrogens with one attached hydrogen (secondary N) is 1. The third kappa shape index (κ3) is 3.59. The van der Waals surface area contributed by atoms with E-state index in [1.54, 1.807) is 42.0 Å². The van der Waals surface area contributed by atoms with Crippen LogP contribution in [0.4, 0.5) is 0 Å². The third-order valence-electron chi connectivity index (χ3n) is 3.71. The fourth-order valence-corrected chi connectivity index (χ4v) is 2.47. The number of fused-ring (bicyclic) bond motifs is 1. The highest BCUT2D eigenvalue weighted by molar-refractivity contribution is 5.77. The quantitative estimate of drug-likeness (QED) is 0.541. The molecule has 0 radical (unpaired) electrons. The SMILES string of the molecule is Cc1noc(-c2cccn3c(CNC(=O)COc4cccnc4)nnc23)n1. The maximum atomic E-state index is 12.0. The van der Waals surface area contributed by atoms with Gasteiger partial charge >= 0.3 is 0 Å². The van der Waals surface area contributed by atoms with Crippen molar-refractivity contribution < 1.29 is 14.1 Å². The van der Waals surface area contributed by atoms with Gasteiger partial charge in [0.1, 0.15) is 5.75 Å². The Morgan fingerprint density at radius 2 is 2.22 bits per heavy atom. The van der Waals surface area contributed by atoms with E-state index in [4.69, 9.17) is 9.26 Å². The van der Waals surface area contributed by atoms with Crippen molar-refractivity contribution in [2.75, 3.05) is 6.61 Å². The molecule has 0 saturated carbocycles. The van der Waals surface area contributed by atoms with Gasteiger partial charge in [0.05, 0.1) is 18.3 Å². The average molecular weight is 365 g/mol. The number of aromatic nitrogens is 6. The van der Waals surface area contributed by atoms with Crippen LogP contribution in [-0.2, 0) is 11.3 Å². The Bertz CT molecular complexity index is 1070. The van der Waals surface area contributed by atoms with Crippen molar-refractivity contribution in [3.05, 3.63) is 54.5 Å². The molecule has 0 aliphatic heterocycles. The zero-order valence-electron chi connectivity index (χ0n) is 14.4. The smallest absolute Gasteiger partial charge is 0.261 e. The number of pyridine rings is 2. The summed E-state index contributed by atoms with van der Waals surface area (Å²) in [5, 5.41) is 14.9. The van der Waals surface area contributed by atoms with Crippen molar-refractivity contribution in [2.24, 2.45) is 0 Å². The van der Waals surface area contributed by atoms with Gasteiger partial charge in [-0.05, 0) is 31.2 Å². The van der Waals surface area contributed by atoms with E-state index in [1.165, 1.54) is 0 Å². The number of nitrogens with zero attached hydrogens (tertiary/aromatic N) is 6. The number of hydrogen-bond acceptors (Lipinski definition) is 8. The number of carbonyl (C=O) groups excluding carboxylic acids is 1. The molecule has 0 aliphatic rings. The summed E-state index contributed by atoms with van der Waals surface area (Å²) in [5.41, 5.74) is 1.24. The van der Waals surface area contributed by atoms with Gasteiger partial charge in [-0.25, -0.2) is 0 Å². The van der Waals surface area contributed by atoms with Gasteiger partial charge in [0, 0.05) is 12.4 Å². The lowest BCUT2D eigenvalue weighted by Gasteiger charge is -2.06. The van der Waals surface area contributed by atoms with E-state index >= 15 is 0 Å². The highest BCUT2D eigenvalue weighted by atomic mass is 16.5. The average Bonchev–Trinajstić information content (AvgIpc) is 3.31. The maximum absolute atomic E-state index is 12.0. The number of rotatable bonds is 6. The van der Waals surface area contributed by atoms with Crippen LogP contribution in [0.3, 0.4) is 0 Å². The lowest BCUT2D eigenvalue weighted by molar-refractivity contribution is -0.123. The third-order valence-corrected chi connectivity index (χ3v) is 3.71. The Labute approximate surface area is 153 Å². The van der Waals surface area contributed by atoms with E-state index in [0.29, 0.717) is 34.5 Å². The summed E-state index contributed by atoms with van der Waals surface area (Å²) in [6.07, 6.45) is 4.98. The van der Waals surface area contributed by atoms with Crippen LogP contribution in [0.5, 0.6) is 5.75 Å². The van der Waals surface area contributed by atoms with Crippen LogP contribution in [-0.4, -0.2) is 42.2 Å². The summed E-state index contributed by atoms with van der Waals surface area (Å²) >= 11 is 0. The zero-order valence-corrected chi connectivity index (χ0v) is 14.4. The van der Waals surface area contributed by atoms with E-state index < -0.39 is 0 Å². The minimum absolute atomic E-state index is 0.116. The Kier molecular flexibility index (Phi) is 4.44. The van der Waals surface area contributed by atoms with E-state index in [-0.39, 0.29) is 19.1 Å². The first-order chi connectivity index (χ1) is 13.2. The molecule has 0 saturated heterocycles. The van der Waals surface area contributed by atoms with Crippen LogP contribution in [0.25, 0.3) is 17.1 Å². The molecule has 0 aliphatic carbocycles. The van der Waals surface area contributed by atoms with Crippen molar-refractivity contribution in [1.29, 1.82) is 0 Å². The van der Waals surface area contributed by atoms with Gasteiger partial charge in [-0.1, -0.05) is 5.16 Å². The monoisotopic (exact) mass is 365 g/mol. The summed E-state index contributed by atoms with van der Waals surface area (Å²) in [6, 6.07) is 7.11. The molecule has 0 bridgehead atoms. The lowest BCUT2D eigenvalue weighted by Crippen LogP contribution is -2.29. The molecule has 10 heteroatoms. The molecule has 10 nitrogen and oxygen atoms in total. The fraction of sp³-hybridized carbons (Fsp3) is 0.176. The van der Waals surface area contributed by atoms with E-state index in [2.05, 4.69) is 30.6 Å². The van der Waals surface area contributed by atoms with Crippen LogP contribution in [0.15, 0.2) is 47.4 Å². The van der Waals surface area contributed by atoms with Crippen LogP contribution in [0, 0.1) is 6.92 Å². The Morgan fingerprint density at radius 1 is 1.30 bits per heavy atom. The van der Waals surface area contributed by atoms with Gasteiger partial charge in [0.2, 0.25) is 0 Å². The molecule has 4 aromatic rings. The topological polar surface area (TPSA) is 120 Å². The predicted octanol–water partition coefficient (Wildman–Crippen LogP) is 1.18. The Balaban J connectivity index is 1.44.